The molecule has 0 atom stereocenters. The quantitative estimate of drug-likeness (QED) is 0.645. The maximum absolute atomic E-state index is 13.2. The number of para-hydroxylation sites is 1. The molecular formula is C21H22N2O6S. The third kappa shape index (κ3) is 4.04. The van der Waals surface area contributed by atoms with Crippen molar-refractivity contribution in [1.82, 2.24) is 4.31 Å². The second-order valence-electron chi connectivity index (χ2n) is 6.71. The summed E-state index contributed by atoms with van der Waals surface area (Å²) in [6.45, 7) is 3.31. The van der Waals surface area contributed by atoms with Gasteiger partial charge in [-0.2, -0.15) is 4.31 Å². The van der Waals surface area contributed by atoms with Crippen LogP contribution in [0.25, 0.3) is 11.0 Å². The van der Waals surface area contributed by atoms with Gasteiger partial charge in [0.05, 0.1) is 19.8 Å². The van der Waals surface area contributed by atoms with Crippen LogP contribution in [0, 0.1) is 0 Å². The number of nitrogens with zero attached hydrogens (tertiary/aromatic N) is 1. The fourth-order valence-corrected chi connectivity index (χ4v) is 4.84. The van der Waals surface area contributed by atoms with Gasteiger partial charge in [0, 0.05) is 24.2 Å². The lowest BCUT2D eigenvalue weighted by molar-refractivity contribution is 0.0729. The summed E-state index contributed by atoms with van der Waals surface area (Å²) in [5.41, 5.74) is 0.931. The van der Waals surface area contributed by atoms with E-state index in [1.165, 1.54) is 10.4 Å². The van der Waals surface area contributed by atoms with E-state index in [-0.39, 0.29) is 29.5 Å². The van der Waals surface area contributed by atoms with Crippen molar-refractivity contribution in [3.8, 4) is 5.75 Å². The van der Waals surface area contributed by atoms with Gasteiger partial charge in [-0.15, -0.1) is 0 Å². The van der Waals surface area contributed by atoms with Gasteiger partial charge in [-0.25, -0.2) is 8.42 Å². The molecule has 0 bridgehead atoms. The van der Waals surface area contributed by atoms with Crippen LogP contribution in [0.3, 0.4) is 0 Å². The molecule has 0 saturated carbocycles. The van der Waals surface area contributed by atoms with Gasteiger partial charge in [-0.3, -0.25) is 4.79 Å². The van der Waals surface area contributed by atoms with Gasteiger partial charge < -0.3 is 19.2 Å². The number of sulfonamides is 1. The molecule has 0 unspecified atom stereocenters. The van der Waals surface area contributed by atoms with E-state index >= 15 is 0 Å². The van der Waals surface area contributed by atoms with Gasteiger partial charge >= 0.3 is 0 Å². The van der Waals surface area contributed by atoms with Crippen LogP contribution in [0.4, 0.5) is 5.69 Å². The summed E-state index contributed by atoms with van der Waals surface area (Å²) in [5.74, 6) is -0.0847. The average molecular weight is 430 g/mol. The van der Waals surface area contributed by atoms with Crippen LogP contribution < -0.4 is 10.1 Å². The average Bonchev–Trinajstić information content (AvgIpc) is 3.20. The molecule has 1 aliphatic rings. The molecule has 30 heavy (non-hydrogen) atoms. The molecule has 158 valence electrons. The van der Waals surface area contributed by atoms with E-state index in [0.717, 1.165) is 5.39 Å². The Labute approximate surface area is 174 Å². The Morgan fingerprint density at radius 1 is 1.13 bits per heavy atom. The zero-order valence-electron chi connectivity index (χ0n) is 16.5. The number of hydrogen-bond donors (Lipinski definition) is 1. The van der Waals surface area contributed by atoms with Gasteiger partial charge in [-0.1, -0.05) is 18.2 Å². The van der Waals surface area contributed by atoms with E-state index in [2.05, 4.69) is 5.32 Å². The van der Waals surface area contributed by atoms with Crippen molar-refractivity contribution < 1.29 is 27.1 Å². The Morgan fingerprint density at radius 3 is 2.63 bits per heavy atom. The fraction of sp³-hybridized carbons (Fsp3) is 0.286. The van der Waals surface area contributed by atoms with Crippen molar-refractivity contribution in [3.63, 3.8) is 0 Å². The predicted octanol–water partition coefficient (Wildman–Crippen LogP) is 3.10. The molecule has 3 aromatic rings. The second kappa shape index (κ2) is 8.47. The number of anilines is 1. The number of hydrogen-bond acceptors (Lipinski definition) is 6. The van der Waals surface area contributed by atoms with Crippen molar-refractivity contribution in [2.45, 2.75) is 11.8 Å². The van der Waals surface area contributed by atoms with Crippen molar-refractivity contribution in [3.05, 3.63) is 54.3 Å². The Balaban J connectivity index is 1.64. The molecule has 0 aliphatic carbocycles. The van der Waals surface area contributed by atoms with Crippen molar-refractivity contribution in [2.75, 3.05) is 38.2 Å². The number of benzene rings is 2. The van der Waals surface area contributed by atoms with E-state index in [1.54, 1.807) is 31.2 Å². The standard InChI is InChI=1S/C21H22N2O6S/c1-2-28-18-8-7-16(14-20(18)30(25,26)23-9-11-27-12-10-23)22-21(24)19-13-15-5-3-4-6-17(15)29-19/h3-8,13-14H,2,9-12H2,1H3,(H,22,24). The van der Waals surface area contributed by atoms with E-state index < -0.39 is 15.9 Å². The number of morpholine rings is 1. The summed E-state index contributed by atoms with van der Waals surface area (Å²) < 4.78 is 44.1. The van der Waals surface area contributed by atoms with Gasteiger partial charge in [0.25, 0.3) is 5.91 Å². The Hall–Kier alpha value is -2.88. The molecule has 0 radical (unpaired) electrons. The summed E-state index contributed by atoms with van der Waals surface area (Å²) in [6.07, 6.45) is 0. The van der Waals surface area contributed by atoms with Crippen LogP contribution in [0.15, 0.2) is 57.8 Å². The lowest BCUT2D eigenvalue weighted by Gasteiger charge is -2.27. The van der Waals surface area contributed by atoms with Crippen LogP contribution in [-0.4, -0.2) is 51.5 Å². The van der Waals surface area contributed by atoms with E-state index in [1.807, 2.05) is 18.2 Å². The lowest BCUT2D eigenvalue weighted by atomic mass is 10.2. The molecular weight excluding hydrogens is 408 g/mol. The van der Waals surface area contributed by atoms with E-state index in [4.69, 9.17) is 13.9 Å². The summed E-state index contributed by atoms with van der Waals surface area (Å²) in [4.78, 5) is 12.7. The molecule has 1 aliphatic heterocycles. The monoisotopic (exact) mass is 430 g/mol. The minimum absolute atomic E-state index is 0.00801. The molecule has 9 heteroatoms. The number of amides is 1. The minimum Gasteiger partial charge on any atom is -0.492 e. The highest BCUT2D eigenvalue weighted by atomic mass is 32.2. The zero-order valence-corrected chi connectivity index (χ0v) is 17.3. The highest BCUT2D eigenvalue weighted by Gasteiger charge is 2.30. The highest BCUT2D eigenvalue weighted by Crippen LogP contribution is 2.31. The number of rotatable bonds is 6. The van der Waals surface area contributed by atoms with Gasteiger partial charge in [0.1, 0.15) is 16.2 Å². The first-order chi connectivity index (χ1) is 14.5. The smallest absolute Gasteiger partial charge is 0.291 e. The Kier molecular flexibility index (Phi) is 5.76. The summed E-state index contributed by atoms with van der Waals surface area (Å²) in [6, 6.07) is 13.5. The zero-order chi connectivity index (χ0) is 21.1. The largest absolute Gasteiger partial charge is 0.492 e. The number of carbonyl (C=O) groups is 1. The minimum atomic E-state index is -3.80. The predicted molar refractivity (Wildman–Crippen MR) is 111 cm³/mol. The highest BCUT2D eigenvalue weighted by molar-refractivity contribution is 7.89. The summed E-state index contributed by atoms with van der Waals surface area (Å²) in [5, 5.41) is 3.52. The Morgan fingerprint density at radius 2 is 1.90 bits per heavy atom. The second-order valence-corrected chi connectivity index (χ2v) is 8.62. The number of ether oxygens (including phenoxy) is 2. The maximum Gasteiger partial charge on any atom is 0.291 e. The van der Waals surface area contributed by atoms with Crippen LogP contribution in [0.2, 0.25) is 0 Å². The first-order valence-corrected chi connectivity index (χ1v) is 11.1. The molecule has 2 aromatic carbocycles. The molecule has 2 heterocycles. The molecule has 4 rings (SSSR count). The lowest BCUT2D eigenvalue weighted by Crippen LogP contribution is -2.40. The number of fused-ring (bicyclic) bond motifs is 1. The van der Waals surface area contributed by atoms with Crippen LogP contribution in [0.1, 0.15) is 17.5 Å². The van der Waals surface area contributed by atoms with Gasteiger partial charge in [0.15, 0.2) is 5.76 Å². The molecule has 8 nitrogen and oxygen atoms in total. The fourth-order valence-electron chi connectivity index (χ4n) is 3.27. The van der Waals surface area contributed by atoms with Crippen molar-refractivity contribution in [1.29, 1.82) is 0 Å². The molecule has 1 fully saturated rings. The third-order valence-electron chi connectivity index (χ3n) is 4.74. The number of nitrogens with one attached hydrogen (secondary N) is 1. The summed E-state index contributed by atoms with van der Waals surface area (Å²) >= 11 is 0. The van der Waals surface area contributed by atoms with E-state index in [0.29, 0.717) is 31.1 Å². The maximum atomic E-state index is 13.2. The number of carbonyl (C=O) groups excluding carboxylic acids is 1. The third-order valence-corrected chi connectivity index (χ3v) is 6.66. The van der Waals surface area contributed by atoms with Crippen LogP contribution in [-0.2, 0) is 14.8 Å². The topological polar surface area (TPSA) is 98.1 Å². The van der Waals surface area contributed by atoms with Gasteiger partial charge in [-0.05, 0) is 37.3 Å². The molecule has 1 saturated heterocycles. The normalized spacial score (nSPS) is 15.2. The number of furan rings is 1. The molecule has 1 N–H and O–H groups in total. The van der Waals surface area contributed by atoms with Crippen LogP contribution >= 0.6 is 0 Å². The van der Waals surface area contributed by atoms with Crippen molar-refractivity contribution in [2.24, 2.45) is 0 Å². The molecule has 0 spiro atoms. The van der Waals surface area contributed by atoms with Gasteiger partial charge in [0.2, 0.25) is 10.0 Å². The summed E-state index contributed by atoms with van der Waals surface area (Å²) in [7, 11) is -3.80. The Bertz CT molecular complexity index is 1130. The molecule has 1 amide bonds. The first kappa shape index (κ1) is 20.4. The van der Waals surface area contributed by atoms with Crippen LogP contribution in [0.5, 0.6) is 5.75 Å². The first-order valence-electron chi connectivity index (χ1n) is 9.63. The van der Waals surface area contributed by atoms with Crippen molar-refractivity contribution >= 4 is 32.6 Å². The van der Waals surface area contributed by atoms with E-state index in [9.17, 15) is 13.2 Å². The molecule has 1 aromatic heterocycles. The SMILES string of the molecule is CCOc1ccc(NC(=O)c2cc3ccccc3o2)cc1S(=O)(=O)N1CCOCC1.